The first-order chi connectivity index (χ1) is 10.2. The van der Waals surface area contributed by atoms with Gasteiger partial charge in [0.2, 0.25) is 0 Å². The van der Waals surface area contributed by atoms with Gasteiger partial charge in [-0.3, -0.25) is 4.98 Å². The zero-order valence-corrected chi connectivity index (χ0v) is 13.2. The molecule has 108 valence electrons. The Morgan fingerprint density at radius 2 is 2.10 bits per heavy atom. The second kappa shape index (κ2) is 5.87. The predicted molar refractivity (Wildman–Crippen MR) is 86.7 cm³/mol. The van der Waals surface area contributed by atoms with Crippen molar-refractivity contribution in [2.45, 2.75) is 26.3 Å². The van der Waals surface area contributed by atoms with Gasteiger partial charge in [0.25, 0.3) is 0 Å². The molecule has 0 aliphatic carbocycles. The summed E-state index contributed by atoms with van der Waals surface area (Å²) in [7, 11) is 1.97. The highest BCUT2D eigenvalue weighted by Gasteiger charge is 2.19. The number of nitrogens with zero attached hydrogens (tertiary/aromatic N) is 3. The van der Waals surface area contributed by atoms with Gasteiger partial charge in [-0.05, 0) is 55.7 Å². The minimum Gasteiger partial charge on any atom is -0.309 e. The third-order valence-corrected chi connectivity index (χ3v) is 4.49. The van der Waals surface area contributed by atoms with Crippen LogP contribution in [0.15, 0.2) is 30.3 Å². The van der Waals surface area contributed by atoms with E-state index in [1.54, 1.807) is 0 Å². The van der Waals surface area contributed by atoms with E-state index in [9.17, 15) is 0 Å². The molecule has 1 N–H and O–H groups in total. The Balaban J connectivity index is 2.07. The van der Waals surface area contributed by atoms with Crippen LogP contribution in [0.2, 0.25) is 0 Å². The van der Waals surface area contributed by atoms with Gasteiger partial charge in [0, 0.05) is 11.1 Å². The van der Waals surface area contributed by atoms with Crippen molar-refractivity contribution in [3.05, 3.63) is 52.2 Å². The van der Waals surface area contributed by atoms with E-state index >= 15 is 0 Å². The van der Waals surface area contributed by atoms with Crippen LogP contribution < -0.4 is 5.32 Å². The van der Waals surface area contributed by atoms with E-state index < -0.39 is 0 Å². The molecule has 2 heterocycles. The summed E-state index contributed by atoms with van der Waals surface area (Å²) in [6, 6.07) is 10.7. The summed E-state index contributed by atoms with van der Waals surface area (Å²) in [6.45, 7) is 4.13. The van der Waals surface area contributed by atoms with E-state index in [2.05, 4.69) is 51.1 Å². The molecule has 0 amide bonds. The van der Waals surface area contributed by atoms with Gasteiger partial charge in [0.1, 0.15) is 0 Å². The average molecular weight is 298 g/mol. The van der Waals surface area contributed by atoms with Gasteiger partial charge in [-0.1, -0.05) is 23.5 Å². The molecule has 1 atom stereocenters. The van der Waals surface area contributed by atoms with Crippen LogP contribution in [0.1, 0.15) is 34.8 Å². The first kappa shape index (κ1) is 14.1. The zero-order chi connectivity index (χ0) is 14.8. The topological polar surface area (TPSA) is 50.7 Å². The van der Waals surface area contributed by atoms with Gasteiger partial charge in [-0.25, -0.2) is 0 Å². The minimum absolute atomic E-state index is 0.130. The van der Waals surface area contributed by atoms with E-state index in [1.807, 2.05) is 20.0 Å². The molecule has 3 rings (SSSR count). The Kier molecular flexibility index (Phi) is 3.94. The van der Waals surface area contributed by atoms with Gasteiger partial charge in [0.05, 0.1) is 22.1 Å². The lowest BCUT2D eigenvalue weighted by atomic mass is 10.0. The maximum atomic E-state index is 4.56. The summed E-state index contributed by atoms with van der Waals surface area (Å²) in [5.74, 6) is 0. The van der Waals surface area contributed by atoms with E-state index in [-0.39, 0.29) is 6.04 Å². The Hall–Kier alpha value is -1.85. The number of aryl methyl sites for hydroxylation is 2. The Labute approximate surface area is 128 Å². The van der Waals surface area contributed by atoms with Crippen LogP contribution in [0.3, 0.4) is 0 Å². The van der Waals surface area contributed by atoms with Crippen molar-refractivity contribution >= 4 is 22.4 Å². The fourth-order valence-corrected chi connectivity index (χ4v) is 3.43. The van der Waals surface area contributed by atoms with E-state index in [0.717, 1.165) is 28.7 Å². The molecule has 0 fully saturated rings. The van der Waals surface area contributed by atoms with Crippen LogP contribution in [-0.2, 0) is 6.42 Å². The molecular formula is C16H18N4S. The molecule has 0 saturated carbocycles. The molecule has 0 radical (unpaired) electrons. The Bertz CT molecular complexity index is 766. The molecule has 4 nitrogen and oxygen atoms in total. The first-order valence-electron chi connectivity index (χ1n) is 7.08. The fraction of sp³-hybridized carbons (Fsp3) is 0.312. The van der Waals surface area contributed by atoms with Crippen LogP contribution in [0, 0.1) is 6.92 Å². The van der Waals surface area contributed by atoms with Crippen LogP contribution >= 0.6 is 11.5 Å². The van der Waals surface area contributed by atoms with Crippen molar-refractivity contribution < 1.29 is 0 Å². The lowest BCUT2D eigenvalue weighted by Crippen LogP contribution is -2.17. The first-order valence-corrected chi connectivity index (χ1v) is 7.86. The van der Waals surface area contributed by atoms with E-state index in [0.29, 0.717) is 0 Å². The number of hydrogen-bond donors (Lipinski definition) is 1. The van der Waals surface area contributed by atoms with Crippen molar-refractivity contribution in [3.63, 3.8) is 0 Å². The number of rotatable bonds is 4. The molecule has 0 bridgehead atoms. The standard InChI is InChI=1S/C16H18N4S/c1-4-13-16(21-20-19-13)15(17-3)12-7-8-14-11(9-12)6-5-10(2)18-14/h5-9,15,17H,4H2,1-3H3. The number of nitrogens with one attached hydrogen (secondary N) is 1. The maximum absolute atomic E-state index is 4.56. The molecule has 2 aromatic heterocycles. The van der Waals surface area contributed by atoms with Gasteiger partial charge in [0.15, 0.2) is 0 Å². The van der Waals surface area contributed by atoms with Crippen LogP contribution in [0.25, 0.3) is 10.9 Å². The fourth-order valence-electron chi connectivity index (χ4n) is 2.55. The third-order valence-electron chi connectivity index (χ3n) is 3.66. The van der Waals surface area contributed by atoms with Gasteiger partial charge < -0.3 is 5.32 Å². The second-order valence-corrected chi connectivity index (χ2v) is 5.85. The van der Waals surface area contributed by atoms with Crippen molar-refractivity contribution in [2.75, 3.05) is 7.05 Å². The van der Waals surface area contributed by atoms with E-state index in [1.165, 1.54) is 22.0 Å². The molecule has 5 heteroatoms. The monoisotopic (exact) mass is 298 g/mol. The highest BCUT2D eigenvalue weighted by molar-refractivity contribution is 7.05. The number of benzene rings is 1. The summed E-state index contributed by atoms with van der Waals surface area (Å²) in [6.07, 6.45) is 0.901. The quantitative estimate of drug-likeness (QED) is 0.803. The number of fused-ring (bicyclic) bond motifs is 1. The number of aromatic nitrogens is 3. The molecule has 0 spiro atoms. The Morgan fingerprint density at radius 3 is 2.86 bits per heavy atom. The molecule has 1 aromatic carbocycles. The van der Waals surface area contributed by atoms with Crippen molar-refractivity contribution in [2.24, 2.45) is 0 Å². The van der Waals surface area contributed by atoms with Crippen LogP contribution in [-0.4, -0.2) is 21.6 Å². The van der Waals surface area contributed by atoms with Crippen molar-refractivity contribution in [3.8, 4) is 0 Å². The maximum Gasteiger partial charge on any atom is 0.0804 e. The summed E-state index contributed by atoms with van der Waals surface area (Å²) < 4.78 is 4.10. The summed E-state index contributed by atoms with van der Waals surface area (Å²) in [4.78, 5) is 5.75. The summed E-state index contributed by atoms with van der Waals surface area (Å²) in [5, 5.41) is 8.76. The van der Waals surface area contributed by atoms with Crippen LogP contribution in [0.5, 0.6) is 0 Å². The van der Waals surface area contributed by atoms with Crippen LogP contribution in [0.4, 0.5) is 0 Å². The number of pyridine rings is 1. The van der Waals surface area contributed by atoms with Gasteiger partial charge in [-0.2, -0.15) is 0 Å². The summed E-state index contributed by atoms with van der Waals surface area (Å²) in [5.41, 5.74) is 4.37. The van der Waals surface area contributed by atoms with Gasteiger partial charge >= 0.3 is 0 Å². The average Bonchev–Trinajstić information content (AvgIpc) is 2.96. The van der Waals surface area contributed by atoms with E-state index in [4.69, 9.17) is 0 Å². The molecule has 21 heavy (non-hydrogen) atoms. The highest BCUT2D eigenvalue weighted by Crippen LogP contribution is 2.29. The smallest absolute Gasteiger partial charge is 0.0804 e. The zero-order valence-electron chi connectivity index (χ0n) is 12.4. The molecule has 0 saturated heterocycles. The lowest BCUT2D eigenvalue weighted by molar-refractivity contribution is 0.694. The summed E-state index contributed by atoms with van der Waals surface area (Å²) >= 11 is 1.47. The predicted octanol–water partition coefficient (Wildman–Crippen LogP) is 3.27. The Morgan fingerprint density at radius 1 is 1.24 bits per heavy atom. The van der Waals surface area contributed by atoms with Crippen molar-refractivity contribution in [1.29, 1.82) is 0 Å². The SMILES string of the molecule is CCc1nnsc1C(NC)c1ccc2nc(C)ccc2c1. The molecular weight excluding hydrogens is 280 g/mol. The molecule has 1 unspecified atom stereocenters. The molecule has 0 aliphatic heterocycles. The second-order valence-electron chi connectivity index (χ2n) is 5.06. The number of hydrogen-bond acceptors (Lipinski definition) is 5. The van der Waals surface area contributed by atoms with Gasteiger partial charge in [-0.15, -0.1) is 5.10 Å². The third kappa shape index (κ3) is 2.66. The molecule has 0 aliphatic rings. The van der Waals surface area contributed by atoms with Crippen molar-refractivity contribution in [1.82, 2.24) is 19.9 Å². The normalized spacial score (nSPS) is 12.7. The highest BCUT2D eigenvalue weighted by atomic mass is 32.1. The molecule has 3 aromatic rings. The lowest BCUT2D eigenvalue weighted by Gasteiger charge is -2.16. The minimum atomic E-state index is 0.130. The largest absolute Gasteiger partial charge is 0.309 e.